The number of ether oxygens (including phenoxy) is 2. The van der Waals surface area contributed by atoms with Crippen LogP contribution in [0.15, 0.2) is 54.6 Å². The highest BCUT2D eigenvalue weighted by atomic mass is 19.1. The highest BCUT2D eigenvalue weighted by molar-refractivity contribution is 5.68. The van der Waals surface area contributed by atoms with E-state index in [1.165, 1.54) is 50.6 Å². The van der Waals surface area contributed by atoms with Gasteiger partial charge < -0.3 is 14.6 Å². The summed E-state index contributed by atoms with van der Waals surface area (Å²) in [6.07, 6.45) is 8.10. The van der Waals surface area contributed by atoms with Crippen LogP contribution >= 0.6 is 0 Å². The van der Waals surface area contributed by atoms with Crippen LogP contribution in [0.5, 0.6) is 11.5 Å². The van der Waals surface area contributed by atoms with Gasteiger partial charge in [0.15, 0.2) is 0 Å². The fourth-order valence-corrected chi connectivity index (χ4v) is 3.72. The summed E-state index contributed by atoms with van der Waals surface area (Å²) in [7, 11) is 3.10. The van der Waals surface area contributed by atoms with Gasteiger partial charge in [0, 0.05) is 17.5 Å². The summed E-state index contributed by atoms with van der Waals surface area (Å²) >= 11 is 0. The molecule has 4 nitrogen and oxygen atoms in total. The lowest BCUT2D eigenvalue weighted by Gasteiger charge is -2.10. The third-order valence-corrected chi connectivity index (χ3v) is 5.76. The zero-order chi connectivity index (χ0) is 25.2. The Kier molecular flexibility index (Phi) is 9.65. The number of aryl methyl sites for hydroxylation is 3. The van der Waals surface area contributed by atoms with Crippen LogP contribution in [0.3, 0.4) is 0 Å². The molecular formula is C29H32F2O4. The molecule has 0 unspecified atom stereocenters. The van der Waals surface area contributed by atoms with Gasteiger partial charge in [-0.3, -0.25) is 4.79 Å². The number of carboxylic acids is 1. The van der Waals surface area contributed by atoms with Crippen LogP contribution in [0.2, 0.25) is 0 Å². The van der Waals surface area contributed by atoms with Crippen LogP contribution in [0.25, 0.3) is 11.1 Å². The molecule has 0 atom stereocenters. The standard InChI is InChI=1S/C16H14F2O.C10H12O3.C3H6/c1-19-12-5-6-15(17)14(9-12)13-7-10-3-2-4-11(10)8-16(13)18;1-13-9-4-2-3-8(7-9)5-6-10(11)12;1-2-3-1/h5-9H,2-4H2,1H3;2-4,7H,5-6H2,1H3,(H,11,12);1-3H2. The normalized spacial score (nSPS) is 12.9. The van der Waals surface area contributed by atoms with Gasteiger partial charge in [-0.25, -0.2) is 8.78 Å². The summed E-state index contributed by atoms with van der Waals surface area (Å²) in [6.45, 7) is 0. The van der Waals surface area contributed by atoms with Crippen molar-refractivity contribution in [2.75, 3.05) is 14.2 Å². The van der Waals surface area contributed by atoms with Crippen molar-refractivity contribution in [2.24, 2.45) is 0 Å². The Hall–Kier alpha value is -3.41. The molecule has 0 bridgehead atoms. The second-order valence-electron chi connectivity index (χ2n) is 8.61. The molecule has 1 fully saturated rings. The zero-order valence-corrected chi connectivity index (χ0v) is 20.3. The van der Waals surface area contributed by atoms with Gasteiger partial charge >= 0.3 is 5.97 Å². The first-order valence-corrected chi connectivity index (χ1v) is 11.9. The van der Waals surface area contributed by atoms with Gasteiger partial charge in [-0.1, -0.05) is 31.4 Å². The molecule has 2 aliphatic rings. The SMILES string of the molecule is C1CC1.COc1ccc(F)c(-c2cc3c(cc2F)CCC3)c1.COc1cccc(CCC(=O)O)c1. The fraction of sp³-hybridized carbons (Fsp3) is 0.345. The maximum absolute atomic E-state index is 14.1. The summed E-state index contributed by atoms with van der Waals surface area (Å²) in [5.41, 5.74) is 3.73. The van der Waals surface area contributed by atoms with Gasteiger partial charge in [-0.05, 0) is 84.8 Å². The number of rotatable bonds is 6. The average molecular weight is 483 g/mol. The monoisotopic (exact) mass is 482 g/mol. The van der Waals surface area contributed by atoms with Crippen molar-refractivity contribution < 1.29 is 28.2 Å². The molecule has 5 rings (SSSR count). The number of carbonyl (C=O) groups is 1. The summed E-state index contributed by atoms with van der Waals surface area (Å²) in [4.78, 5) is 10.3. The molecule has 0 aromatic heterocycles. The Bertz CT molecular complexity index is 1140. The quantitative estimate of drug-likeness (QED) is 0.411. The number of hydrogen-bond donors (Lipinski definition) is 1. The van der Waals surface area contributed by atoms with Crippen molar-refractivity contribution in [1.82, 2.24) is 0 Å². The predicted molar refractivity (Wildman–Crippen MR) is 133 cm³/mol. The summed E-state index contributed by atoms with van der Waals surface area (Å²) < 4.78 is 38.1. The molecular weight excluding hydrogens is 450 g/mol. The first kappa shape index (κ1) is 26.2. The van der Waals surface area contributed by atoms with E-state index < -0.39 is 11.8 Å². The van der Waals surface area contributed by atoms with Gasteiger partial charge in [0.05, 0.1) is 14.2 Å². The number of aliphatic carboxylic acids is 1. The molecule has 1 saturated carbocycles. The molecule has 0 spiro atoms. The first-order valence-electron chi connectivity index (χ1n) is 11.9. The zero-order valence-electron chi connectivity index (χ0n) is 20.3. The van der Waals surface area contributed by atoms with E-state index in [1.54, 1.807) is 13.2 Å². The third-order valence-electron chi connectivity index (χ3n) is 5.76. The van der Waals surface area contributed by atoms with E-state index >= 15 is 0 Å². The maximum atomic E-state index is 14.1. The van der Waals surface area contributed by atoms with Crippen LogP contribution in [-0.4, -0.2) is 25.3 Å². The number of carboxylic acid groups (broad SMARTS) is 1. The highest BCUT2D eigenvalue weighted by Gasteiger charge is 2.18. The Morgan fingerprint density at radius 1 is 0.800 bits per heavy atom. The number of fused-ring (bicyclic) bond motifs is 1. The highest BCUT2D eigenvalue weighted by Crippen LogP contribution is 2.33. The van der Waals surface area contributed by atoms with Crippen molar-refractivity contribution >= 4 is 5.97 Å². The fourth-order valence-electron chi connectivity index (χ4n) is 3.72. The Balaban J connectivity index is 0.000000185. The van der Waals surface area contributed by atoms with Crippen molar-refractivity contribution in [2.45, 2.75) is 51.4 Å². The smallest absolute Gasteiger partial charge is 0.303 e. The van der Waals surface area contributed by atoms with Crippen molar-refractivity contribution in [3.63, 3.8) is 0 Å². The van der Waals surface area contributed by atoms with Gasteiger partial charge in [0.25, 0.3) is 0 Å². The molecule has 0 saturated heterocycles. The van der Waals surface area contributed by atoms with E-state index in [2.05, 4.69) is 0 Å². The third kappa shape index (κ3) is 8.09. The van der Waals surface area contributed by atoms with Gasteiger partial charge in [0.2, 0.25) is 0 Å². The predicted octanol–water partition coefficient (Wildman–Crippen LogP) is 7.01. The molecule has 2 aliphatic carbocycles. The second-order valence-corrected chi connectivity index (χ2v) is 8.61. The summed E-state index contributed by atoms with van der Waals surface area (Å²) in [5.74, 6) is -0.285. The largest absolute Gasteiger partial charge is 0.497 e. The molecule has 6 heteroatoms. The van der Waals surface area contributed by atoms with E-state index in [-0.39, 0.29) is 17.8 Å². The minimum Gasteiger partial charge on any atom is -0.497 e. The molecule has 3 aromatic rings. The van der Waals surface area contributed by atoms with Crippen LogP contribution in [0, 0.1) is 11.6 Å². The van der Waals surface area contributed by atoms with Crippen molar-refractivity contribution in [1.29, 1.82) is 0 Å². The van der Waals surface area contributed by atoms with Gasteiger partial charge in [-0.15, -0.1) is 0 Å². The minimum absolute atomic E-state index is 0.160. The Morgan fingerprint density at radius 3 is 2.06 bits per heavy atom. The number of benzene rings is 3. The maximum Gasteiger partial charge on any atom is 0.303 e. The summed E-state index contributed by atoms with van der Waals surface area (Å²) in [6, 6.07) is 15.1. The number of halogens is 2. The van der Waals surface area contributed by atoms with Crippen LogP contribution in [0.1, 0.15) is 48.8 Å². The molecule has 0 amide bonds. The van der Waals surface area contributed by atoms with E-state index in [1.807, 2.05) is 24.3 Å². The molecule has 0 aliphatic heterocycles. The number of methoxy groups -OCH3 is 2. The van der Waals surface area contributed by atoms with Crippen molar-refractivity contribution in [3.05, 3.63) is 82.9 Å². The molecule has 3 aromatic carbocycles. The Morgan fingerprint density at radius 2 is 1.43 bits per heavy atom. The van der Waals surface area contributed by atoms with E-state index in [9.17, 15) is 13.6 Å². The number of hydrogen-bond acceptors (Lipinski definition) is 3. The average Bonchev–Trinajstić information content (AvgIpc) is 3.69. The van der Waals surface area contributed by atoms with E-state index in [0.717, 1.165) is 41.7 Å². The van der Waals surface area contributed by atoms with Crippen LogP contribution < -0.4 is 9.47 Å². The van der Waals surface area contributed by atoms with Crippen LogP contribution in [0.4, 0.5) is 8.78 Å². The van der Waals surface area contributed by atoms with E-state index in [0.29, 0.717) is 17.7 Å². The van der Waals surface area contributed by atoms with E-state index in [4.69, 9.17) is 14.6 Å². The van der Waals surface area contributed by atoms with Gasteiger partial charge in [0.1, 0.15) is 23.1 Å². The Labute approximate surface area is 205 Å². The second kappa shape index (κ2) is 12.9. The van der Waals surface area contributed by atoms with Gasteiger partial charge in [-0.2, -0.15) is 0 Å². The molecule has 35 heavy (non-hydrogen) atoms. The molecule has 186 valence electrons. The minimum atomic E-state index is -0.775. The first-order chi connectivity index (χ1) is 16.9. The molecule has 0 heterocycles. The van der Waals surface area contributed by atoms with Crippen LogP contribution in [-0.2, 0) is 24.1 Å². The lowest BCUT2D eigenvalue weighted by atomic mass is 9.99. The molecule has 0 radical (unpaired) electrons. The lowest BCUT2D eigenvalue weighted by Crippen LogP contribution is -1.97. The van der Waals surface area contributed by atoms with Crippen molar-refractivity contribution in [3.8, 4) is 22.6 Å². The molecule has 1 N–H and O–H groups in total. The topological polar surface area (TPSA) is 55.8 Å². The lowest BCUT2D eigenvalue weighted by molar-refractivity contribution is -0.136. The summed E-state index contributed by atoms with van der Waals surface area (Å²) in [5, 5.41) is 8.47.